The molecule has 0 spiro atoms. The zero-order chi connectivity index (χ0) is 13.1. The van der Waals surface area contributed by atoms with Crippen molar-refractivity contribution < 1.29 is 0 Å². The number of likely N-dealkylation sites (N-methyl/N-ethyl adjacent to an activating group) is 1. The van der Waals surface area contributed by atoms with Crippen molar-refractivity contribution in [2.24, 2.45) is 0 Å². The maximum Gasteiger partial charge on any atom is 0.00531 e. The second-order valence-corrected chi connectivity index (χ2v) is 5.59. The van der Waals surface area contributed by atoms with E-state index in [4.69, 9.17) is 0 Å². The van der Waals surface area contributed by atoms with Gasteiger partial charge in [0.05, 0.1) is 0 Å². The first-order valence-electron chi connectivity index (χ1n) is 7.13. The second kappa shape index (κ2) is 5.58. The number of piperidine rings is 1. The van der Waals surface area contributed by atoms with E-state index in [0.29, 0.717) is 11.8 Å². The average Bonchev–Trinajstić information content (AvgIpc) is 2.49. The van der Waals surface area contributed by atoms with Gasteiger partial charge in [-0.2, -0.15) is 0 Å². The van der Waals surface area contributed by atoms with Gasteiger partial charge in [-0.05, 0) is 37.1 Å². The number of likely N-dealkylation sites (tertiary alicyclic amines) is 1. The lowest BCUT2D eigenvalue weighted by Crippen LogP contribution is -2.35. The molecule has 98 valence electrons. The summed E-state index contributed by atoms with van der Waals surface area (Å²) in [5.74, 6) is 1.27. The van der Waals surface area contributed by atoms with Gasteiger partial charge in [0.25, 0.3) is 0 Å². The average molecular weight is 251 g/mol. The standard InChI is InChI=1S/C18H21N/c1-19-13-12-17(15-8-4-2-5-9-15)18(14-19)16-10-6-3-7-11-16/h2-11,17-18H,12-14H2,1H3. The smallest absolute Gasteiger partial charge is 0.00531 e. The van der Waals surface area contributed by atoms with Crippen molar-refractivity contribution in [2.45, 2.75) is 18.3 Å². The van der Waals surface area contributed by atoms with Crippen molar-refractivity contribution in [3.63, 3.8) is 0 Å². The monoisotopic (exact) mass is 251 g/mol. The Bertz CT molecular complexity index is 506. The molecule has 0 aromatic heterocycles. The van der Waals surface area contributed by atoms with Crippen LogP contribution in [0.15, 0.2) is 60.7 Å². The van der Waals surface area contributed by atoms with Crippen molar-refractivity contribution in [3.05, 3.63) is 71.8 Å². The number of hydrogen-bond acceptors (Lipinski definition) is 1. The van der Waals surface area contributed by atoms with E-state index in [0.717, 1.165) is 6.54 Å². The van der Waals surface area contributed by atoms with Crippen molar-refractivity contribution in [3.8, 4) is 0 Å². The fraction of sp³-hybridized carbons (Fsp3) is 0.333. The fourth-order valence-electron chi connectivity index (χ4n) is 3.25. The lowest BCUT2D eigenvalue weighted by atomic mass is 9.77. The molecule has 1 aliphatic heterocycles. The molecule has 0 saturated carbocycles. The molecule has 0 amide bonds. The Labute approximate surface area is 115 Å². The zero-order valence-corrected chi connectivity index (χ0v) is 11.5. The highest BCUT2D eigenvalue weighted by atomic mass is 15.1. The van der Waals surface area contributed by atoms with E-state index in [-0.39, 0.29) is 0 Å². The Kier molecular flexibility index (Phi) is 3.65. The molecule has 1 aliphatic rings. The summed E-state index contributed by atoms with van der Waals surface area (Å²) >= 11 is 0. The van der Waals surface area contributed by atoms with E-state index in [1.807, 2.05) is 0 Å². The third-order valence-electron chi connectivity index (χ3n) is 4.27. The molecule has 0 N–H and O–H groups in total. The second-order valence-electron chi connectivity index (χ2n) is 5.59. The molecule has 1 saturated heterocycles. The summed E-state index contributed by atoms with van der Waals surface area (Å²) in [6, 6.07) is 22.0. The molecule has 2 aromatic carbocycles. The number of nitrogens with zero attached hydrogens (tertiary/aromatic N) is 1. The topological polar surface area (TPSA) is 3.24 Å². The SMILES string of the molecule is CN1CCC(c2ccccc2)C(c2ccccc2)C1. The van der Waals surface area contributed by atoms with Crippen LogP contribution in [0.5, 0.6) is 0 Å². The largest absolute Gasteiger partial charge is 0.306 e. The molecule has 1 nitrogen and oxygen atoms in total. The molecular formula is C18H21N. The van der Waals surface area contributed by atoms with Gasteiger partial charge in [-0.3, -0.25) is 0 Å². The number of benzene rings is 2. The molecular weight excluding hydrogens is 230 g/mol. The minimum Gasteiger partial charge on any atom is -0.306 e. The Balaban J connectivity index is 1.93. The van der Waals surface area contributed by atoms with Crippen molar-refractivity contribution in [1.29, 1.82) is 0 Å². The first kappa shape index (κ1) is 12.4. The molecule has 2 aromatic rings. The van der Waals surface area contributed by atoms with Gasteiger partial charge >= 0.3 is 0 Å². The van der Waals surface area contributed by atoms with Crippen LogP contribution in [-0.2, 0) is 0 Å². The van der Waals surface area contributed by atoms with Gasteiger partial charge < -0.3 is 4.90 Å². The summed E-state index contributed by atoms with van der Waals surface area (Å²) in [7, 11) is 2.23. The van der Waals surface area contributed by atoms with E-state index in [2.05, 4.69) is 72.6 Å². The maximum absolute atomic E-state index is 2.46. The van der Waals surface area contributed by atoms with Crippen LogP contribution in [0.3, 0.4) is 0 Å². The van der Waals surface area contributed by atoms with E-state index in [1.165, 1.54) is 24.1 Å². The van der Waals surface area contributed by atoms with Crippen LogP contribution in [0.1, 0.15) is 29.4 Å². The molecule has 1 fully saturated rings. The number of rotatable bonds is 2. The van der Waals surface area contributed by atoms with E-state index >= 15 is 0 Å². The third kappa shape index (κ3) is 2.71. The van der Waals surface area contributed by atoms with Crippen LogP contribution in [-0.4, -0.2) is 25.0 Å². The normalized spacial score (nSPS) is 24.3. The van der Waals surface area contributed by atoms with Crippen LogP contribution in [0, 0.1) is 0 Å². The molecule has 3 rings (SSSR count). The van der Waals surface area contributed by atoms with Crippen molar-refractivity contribution in [2.75, 3.05) is 20.1 Å². The summed E-state index contributed by atoms with van der Waals surface area (Å²) in [6.07, 6.45) is 1.25. The summed E-state index contributed by atoms with van der Waals surface area (Å²) in [5, 5.41) is 0. The summed E-state index contributed by atoms with van der Waals surface area (Å²) < 4.78 is 0. The Morgan fingerprint density at radius 1 is 0.789 bits per heavy atom. The summed E-state index contributed by atoms with van der Waals surface area (Å²) in [6.45, 7) is 2.35. The molecule has 19 heavy (non-hydrogen) atoms. The van der Waals surface area contributed by atoms with Gasteiger partial charge in [-0.15, -0.1) is 0 Å². The molecule has 0 bridgehead atoms. The highest BCUT2D eigenvalue weighted by Crippen LogP contribution is 2.38. The van der Waals surface area contributed by atoms with Crippen molar-refractivity contribution >= 4 is 0 Å². The first-order valence-corrected chi connectivity index (χ1v) is 7.13. The maximum atomic E-state index is 2.46. The van der Waals surface area contributed by atoms with E-state index in [1.54, 1.807) is 0 Å². The van der Waals surface area contributed by atoms with Crippen LogP contribution in [0.25, 0.3) is 0 Å². The Morgan fingerprint density at radius 3 is 1.89 bits per heavy atom. The van der Waals surface area contributed by atoms with Crippen LogP contribution in [0.2, 0.25) is 0 Å². The number of hydrogen-bond donors (Lipinski definition) is 0. The molecule has 2 unspecified atom stereocenters. The van der Waals surface area contributed by atoms with Gasteiger partial charge in [0.2, 0.25) is 0 Å². The third-order valence-corrected chi connectivity index (χ3v) is 4.27. The molecule has 0 aliphatic carbocycles. The minimum absolute atomic E-state index is 0.613. The first-order chi connectivity index (χ1) is 9.34. The zero-order valence-electron chi connectivity index (χ0n) is 11.5. The lowest BCUT2D eigenvalue weighted by Gasteiger charge is -2.37. The van der Waals surface area contributed by atoms with Crippen LogP contribution in [0.4, 0.5) is 0 Å². The van der Waals surface area contributed by atoms with Crippen LogP contribution >= 0.6 is 0 Å². The molecule has 1 heterocycles. The van der Waals surface area contributed by atoms with Gasteiger partial charge in [-0.1, -0.05) is 60.7 Å². The fourth-order valence-corrected chi connectivity index (χ4v) is 3.25. The molecule has 0 radical (unpaired) electrons. The minimum atomic E-state index is 0.613. The molecule has 2 atom stereocenters. The van der Waals surface area contributed by atoms with Crippen LogP contribution < -0.4 is 0 Å². The molecule has 1 heteroatoms. The van der Waals surface area contributed by atoms with Gasteiger partial charge in [0.15, 0.2) is 0 Å². The predicted octanol–water partition coefficient (Wildman–Crippen LogP) is 3.89. The van der Waals surface area contributed by atoms with E-state index < -0.39 is 0 Å². The quantitative estimate of drug-likeness (QED) is 0.782. The predicted molar refractivity (Wildman–Crippen MR) is 80.5 cm³/mol. The van der Waals surface area contributed by atoms with Crippen molar-refractivity contribution in [1.82, 2.24) is 4.90 Å². The Morgan fingerprint density at radius 2 is 1.32 bits per heavy atom. The summed E-state index contributed by atoms with van der Waals surface area (Å²) in [4.78, 5) is 2.46. The van der Waals surface area contributed by atoms with Gasteiger partial charge in [-0.25, -0.2) is 0 Å². The van der Waals surface area contributed by atoms with Gasteiger partial charge in [0.1, 0.15) is 0 Å². The highest BCUT2D eigenvalue weighted by molar-refractivity contribution is 5.29. The Hall–Kier alpha value is -1.60. The van der Waals surface area contributed by atoms with E-state index in [9.17, 15) is 0 Å². The lowest BCUT2D eigenvalue weighted by molar-refractivity contribution is 0.227. The summed E-state index contributed by atoms with van der Waals surface area (Å²) in [5.41, 5.74) is 2.97. The van der Waals surface area contributed by atoms with Gasteiger partial charge in [0, 0.05) is 12.5 Å². The highest BCUT2D eigenvalue weighted by Gasteiger charge is 2.29.